The van der Waals surface area contributed by atoms with Gasteiger partial charge in [-0.3, -0.25) is 9.78 Å². The molecule has 7 nitrogen and oxygen atoms in total. The Labute approximate surface area is 173 Å². The summed E-state index contributed by atoms with van der Waals surface area (Å²) < 4.78 is 36.9. The summed E-state index contributed by atoms with van der Waals surface area (Å²) >= 11 is 1.14. The van der Waals surface area contributed by atoms with Crippen molar-refractivity contribution in [1.82, 2.24) is 10.3 Å². The molecule has 29 heavy (non-hydrogen) atoms. The summed E-state index contributed by atoms with van der Waals surface area (Å²) in [5.41, 5.74) is 0.842. The molecule has 0 unspecified atom stereocenters. The molecular formula is C20H20N2O5S2. The second-order valence-electron chi connectivity index (χ2n) is 6.03. The molecule has 1 atom stereocenters. The van der Waals surface area contributed by atoms with Crippen molar-refractivity contribution in [2.24, 2.45) is 0 Å². The normalized spacial score (nSPS) is 12.2. The van der Waals surface area contributed by atoms with Crippen molar-refractivity contribution in [3.63, 3.8) is 0 Å². The summed E-state index contributed by atoms with van der Waals surface area (Å²) in [5, 5.41) is 3.46. The molecule has 1 amide bonds. The first kappa shape index (κ1) is 20.8. The highest BCUT2D eigenvalue weighted by molar-refractivity contribution is 7.93. The minimum absolute atomic E-state index is 0.0981. The van der Waals surface area contributed by atoms with E-state index in [9.17, 15) is 13.2 Å². The fourth-order valence-electron chi connectivity index (χ4n) is 2.80. The van der Waals surface area contributed by atoms with Gasteiger partial charge in [0.25, 0.3) is 5.91 Å². The molecule has 0 saturated heterocycles. The maximum Gasteiger partial charge on any atom is 0.251 e. The van der Waals surface area contributed by atoms with Crippen molar-refractivity contribution in [2.45, 2.75) is 9.46 Å². The number of nitrogens with zero attached hydrogens (tertiary/aromatic N) is 1. The number of nitrogens with one attached hydrogen (secondary N) is 1. The largest absolute Gasteiger partial charge is 0.493 e. The number of benzene rings is 1. The smallest absolute Gasteiger partial charge is 0.251 e. The van der Waals surface area contributed by atoms with Gasteiger partial charge in [-0.2, -0.15) is 0 Å². The van der Waals surface area contributed by atoms with Crippen molar-refractivity contribution in [3.8, 4) is 11.5 Å². The second kappa shape index (κ2) is 9.06. The van der Waals surface area contributed by atoms with Crippen molar-refractivity contribution >= 4 is 27.1 Å². The first-order valence-corrected chi connectivity index (χ1v) is 11.1. The van der Waals surface area contributed by atoms with E-state index in [0.717, 1.165) is 11.3 Å². The van der Waals surface area contributed by atoms with Crippen LogP contribution in [0.25, 0.3) is 0 Å². The maximum absolute atomic E-state index is 13.1. The van der Waals surface area contributed by atoms with E-state index in [2.05, 4.69) is 10.3 Å². The third-order valence-electron chi connectivity index (χ3n) is 4.30. The lowest BCUT2D eigenvalue weighted by Gasteiger charge is -2.18. The number of hydrogen-bond donors (Lipinski definition) is 1. The second-order valence-corrected chi connectivity index (χ2v) is 9.34. The van der Waals surface area contributed by atoms with Gasteiger partial charge >= 0.3 is 0 Å². The predicted molar refractivity (Wildman–Crippen MR) is 110 cm³/mol. The van der Waals surface area contributed by atoms with Gasteiger partial charge in [-0.05, 0) is 41.3 Å². The highest BCUT2D eigenvalue weighted by atomic mass is 32.2. The highest BCUT2D eigenvalue weighted by Gasteiger charge is 2.30. The number of amides is 1. The lowest BCUT2D eigenvalue weighted by molar-refractivity contribution is 0.0953. The average molecular weight is 433 g/mol. The molecule has 0 aliphatic heterocycles. The number of hydrogen-bond acceptors (Lipinski definition) is 7. The number of pyridine rings is 1. The lowest BCUT2D eigenvalue weighted by atomic mass is 10.1. The van der Waals surface area contributed by atoms with Gasteiger partial charge < -0.3 is 14.8 Å². The molecule has 0 fully saturated rings. The van der Waals surface area contributed by atoms with Crippen LogP contribution >= 0.6 is 11.3 Å². The van der Waals surface area contributed by atoms with Crippen LogP contribution in [0.2, 0.25) is 0 Å². The number of aromatic nitrogens is 1. The van der Waals surface area contributed by atoms with E-state index in [1.807, 2.05) is 0 Å². The molecule has 1 aromatic carbocycles. The van der Waals surface area contributed by atoms with Crippen LogP contribution in [0.1, 0.15) is 21.2 Å². The van der Waals surface area contributed by atoms with Crippen LogP contribution in [0.3, 0.4) is 0 Å². The van der Waals surface area contributed by atoms with Crippen molar-refractivity contribution in [1.29, 1.82) is 0 Å². The van der Waals surface area contributed by atoms with E-state index in [1.165, 1.54) is 20.4 Å². The van der Waals surface area contributed by atoms with Gasteiger partial charge in [0, 0.05) is 24.5 Å². The third kappa shape index (κ3) is 4.57. The van der Waals surface area contributed by atoms with Crippen LogP contribution in [0.5, 0.6) is 11.5 Å². The molecule has 0 spiro atoms. The number of sulfone groups is 1. The Morgan fingerprint density at radius 3 is 2.55 bits per heavy atom. The highest BCUT2D eigenvalue weighted by Crippen LogP contribution is 2.31. The van der Waals surface area contributed by atoms with Crippen LogP contribution in [-0.4, -0.2) is 40.1 Å². The van der Waals surface area contributed by atoms with Gasteiger partial charge in [0.05, 0.1) is 14.2 Å². The van der Waals surface area contributed by atoms with Crippen molar-refractivity contribution in [2.75, 3.05) is 20.8 Å². The molecule has 0 aliphatic carbocycles. The van der Waals surface area contributed by atoms with Crippen LogP contribution in [0, 0.1) is 0 Å². The molecule has 9 heteroatoms. The molecule has 152 valence electrons. The Bertz CT molecular complexity index is 1070. The number of methoxy groups -OCH3 is 2. The molecular weight excluding hydrogens is 412 g/mol. The summed E-state index contributed by atoms with van der Waals surface area (Å²) in [6, 6.07) is 11.3. The van der Waals surface area contributed by atoms with E-state index < -0.39 is 21.0 Å². The Balaban J connectivity index is 1.85. The van der Waals surface area contributed by atoms with Gasteiger partial charge in [0.2, 0.25) is 0 Å². The summed E-state index contributed by atoms with van der Waals surface area (Å²) in [6.45, 7) is -0.0981. The molecule has 1 N–H and O–H groups in total. The summed E-state index contributed by atoms with van der Waals surface area (Å²) in [6.07, 6.45) is 3.07. The minimum Gasteiger partial charge on any atom is -0.493 e. The molecule has 0 saturated carbocycles. The van der Waals surface area contributed by atoms with E-state index in [0.29, 0.717) is 22.6 Å². The van der Waals surface area contributed by atoms with E-state index >= 15 is 0 Å². The zero-order valence-corrected chi connectivity index (χ0v) is 17.5. The Kier molecular flexibility index (Phi) is 6.50. The van der Waals surface area contributed by atoms with Gasteiger partial charge in [-0.15, -0.1) is 11.3 Å². The van der Waals surface area contributed by atoms with Crippen LogP contribution in [0.4, 0.5) is 0 Å². The molecule has 2 aromatic heterocycles. The van der Waals surface area contributed by atoms with Crippen molar-refractivity contribution < 1.29 is 22.7 Å². The number of carbonyl (C=O) groups excluding carboxylic acids is 1. The Morgan fingerprint density at radius 1 is 1.14 bits per heavy atom. The number of rotatable bonds is 8. The van der Waals surface area contributed by atoms with Crippen LogP contribution in [-0.2, 0) is 9.84 Å². The molecule has 3 rings (SSSR count). The van der Waals surface area contributed by atoms with Crippen LogP contribution < -0.4 is 14.8 Å². The predicted octanol–water partition coefficient (Wildman–Crippen LogP) is 3.11. The fraction of sp³-hybridized carbons (Fsp3) is 0.200. The van der Waals surface area contributed by atoms with Gasteiger partial charge in [0.1, 0.15) is 9.46 Å². The molecule has 2 heterocycles. The van der Waals surface area contributed by atoms with E-state index in [4.69, 9.17) is 9.47 Å². The average Bonchev–Trinajstić information content (AvgIpc) is 3.29. The van der Waals surface area contributed by atoms with Gasteiger partial charge in [-0.1, -0.05) is 12.1 Å². The molecule has 0 radical (unpaired) electrons. The summed E-state index contributed by atoms with van der Waals surface area (Å²) in [4.78, 5) is 16.7. The molecule has 0 bridgehead atoms. The third-order valence-corrected chi connectivity index (χ3v) is 7.83. The fourth-order valence-corrected chi connectivity index (χ4v) is 5.65. The first-order valence-electron chi connectivity index (χ1n) is 8.65. The van der Waals surface area contributed by atoms with E-state index in [-0.39, 0.29) is 10.8 Å². The maximum atomic E-state index is 13.1. The van der Waals surface area contributed by atoms with Crippen molar-refractivity contribution in [3.05, 3.63) is 71.4 Å². The number of ether oxygens (including phenoxy) is 2. The number of thiophene rings is 1. The standard InChI is InChI=1S/C20H20N2O5S2/c1-26-16-8-7-14(11-17(16)27-2)20(23)22-13-18(15-5-3-9-21-12-15)29(24,25)19-6-4-10-28-19/h3-12,18H,13H2,1-2H3,(H,22,23)/t18-/m0/s1. The molecule has 0 aliphatic rings. The quantitative estimate of drug-likeness (QED) is 0.588. The zero-order valence-electron chi connectivity index (χ0n) is 15.9. The lowest BCUT2D eigenvalue weighted by Crippen LogP contribution is -2.31. The topological polar surface area (TPSA) is 94.6 Å². The van der Waals surface area contributed by atoms with Gasteiger partial charge in [0.15, 0.2) is 21.3 Å². The monoisotopic (exact) mass is 432 g/mol. The summed E-state index contributed by atoms with van der Waals surface area (Å²) in [5.74, 6) is 0.494. The van der Waals surface area contributed by atoms with Crippen LogP contribution in [0.15, 0.2) is 64.4 Å². The first-order chi connectivity index (χ1) is 14.0. The van der Waals surface area contributed by atoms with E-state index in [1.54, 1.807) is 54.0 Å². The zero-order chi connectivity index (χ0) is 20.9. The Morgan fingerprint density at radius 2 is 1.93 bits per heavy atom. The minimum atomic E-state index is -3.69. The molecule has 3 aromatic rings. The van der Waals surface area contributed by atoms with Gasteiger partial charge in [-0.25, -0.2) is 8.42 Å². The SMILES string of the molecule is COc1ccc(C(=O)NC[C@@H](c2cccnc2)S(=O)(=O)c2cccs2)cc1OC. The summed E-state index contributed by atoms with van der Waals surface area (Å²) in [7, 11) is -0.710. The Hall–Kier alpha value is -2.91. The number of carbonyl (C=O) groups is 1.